The molecule has 0 saturated heterocycles. The van der Waals surface area contributed by atoms with E-state index in [9.17, 15) is 13.8 Å². The standard InChI is InChI=1S/C11H21NO5S/c1-3-4-5-17-6-7-18(16)8-10(11(14)15)12-9(2)13/h10H,3-8H2,1-2H3,(H,12,13)(H,14,15)/t10-,18?/m0/s1. The zero-order chi connectivity index (χ0) is 14.0. The Morgan fingerprint density at radius 1 is 1.39 bits per heavy atom. The summed E-state index contributed by atoms with van der Waals surface area (Å²) in [5, 5.41) is 11.1. The Morgan fingerprint density at radius 2 is 2.06 bits per heavy atom. The molecule has 0 aromatic rings. The van der Waals surface area contributed by atoms with Gasteiger partial charge in [-0.25, -0.2) is 4.79 Å². The minimum absolute atomic E-state index is 0.0912. The van der Waals surface area contributed by atoms with Crippen LogP contribution in [-0.2, 0) is 25.1 Å². The topological polar surface area (TPSA) is 92.7 Å². The second-order valence-electron chi connectivity index (χ2n) is 3.87. The van der Waals surface area contributed by atoms with Crippen LogP contribution in [0.25, 0.3) is 0 Å². The number of hydrogen-bond acceptors (Lipinski definition) is 4. The van der Waals surface area contributed by atoms with Crippen molar-refractivity contribution in [2.45, 2.75) is 32.7 Å². The molecule has 0 aromatic heterocycles. The molecular weight excluding hydrogens is 258 g/mol. The van der Waals surface area contributed by atoms with E-state index in [4.69, 9.17) is 9.84 Å². The highest BCUT2D eigenvalue weighted by Crippen LogP contribution is 1.94. The molecular formula is C11H21NO5S. The van der Waals surface area contributed by atoms with Crippen molar-refractivity contribution < 1.29 is 23.6 Å². The molecule has 1 unspecified atom stereocenters. The first kappa shape index (κ1) is 17.1. The van der Waals surface area contributed by atoms with E-state index in [1.165, 1.54) is 6.92 Å². The minimum atomic E-state index is -1.31. The van der Waals surface area contributed by atoms with Gasteiger partial charge in [0.1, 0.15) is 6.04 Å². The van der Waals surface area contributed by atoms with Crippen LogP contribution in [-0.4, -0.2) is 52.0 Å². The van der Waals surface area contributed by atoms with Crippen molar-refractivity contribution in [2.24, 2.45) is 0 Å². The Hall–Kier alpha value is -0.950. The fraction of sp³-hybridized carbons (Fsp3) is 0.818. The number of carbonyl (C=O) groups excluding carboxylic acids is 1. The van der Waals surface area contributed by atoms with Crippen LogP contribution < -0.4 is 5.32 Å². The van der Waals surface area contributed by atoms with E-state index in [2.05, 4.69) is 5.32 Å². The van der Waals surface area contributed by atoms with Gasteiger partial charge in [0.2, 0.25) is 5.91 Å². The maximum absolute atomic E-state index is 11.6. The molecule has 106 valence electrons. The fourth-order valence-corrected chi connectivity index (χ4v) is 2.26. The lowest BCUT2D eigenvalue weighted by Gasteiger charge is -2.12. The quantitative estimate of drug-likeness (QED) is 0.555. The molecule has 0 aliphatic carbocycles. The van der Waals surface area contributed by atoms with Crippen LogP contribution in [0.15, 0.2) is 0 Å². The SMILES string of the molecule is CCCCOCCS(=O)C[C@H](NC(C)=O)C(=O)O. The number of carbonyl (C=O) groups is 2. The second kappa shape index (κ2) is 10.0. The smallest absolute Gasteiger partial charge is 0.327 e. The number of carboxylic acids is 1. The largest absolute Gasteiger partial charge is 0.480 e. The van der Waals surface area contributed by atoms with Crippen LogP contribution in [0.2, 0.25) is 0 Å². The van der Waals surface area contributed by atoms with Gasteiger partial charge in [-0.05, 0) is 6.42 Å². The number of hydrogen-bond donors (Lipinski definition) is 2. The van der Waals surface area contributed by atoms with Crippen molar-refractivity contribution in [1.82, 2.24) is 5.32 Å². The lowest BCUT2D eigenvalue weighted by molar-refractivity contribution is -0.140. The molecule has 0 saturated carbocycles. The van der Waals surface area contributed by atoms with Crippen molar-refractivity contribution in [3.05, 3.63) is 0 Å². The Morgan fingerprint density at radius 3 is 2.56 bits per heavy atom. The number of ether oxygens (including phenoxy) is 1. The van der Waals surface area contributed by atoms with Gasteiger partial charge in [0.15, 0.2) is 0 Å². The van der Waals surface area contributed by atoms with Gasteiger partial charge in [0, 0.05) is 30.1 Å². The maximum atomic E-state index is 11.6. The summed E-state index contributed by atoms with van der Waals surface area (Å²) >= 11 is 0. The highest BCUT2D eigenvalue weighted by Gasteiger charge is 2.20. The molecule has 0 bridgehead atoms. The Balaban J connectivity index is 3.88. The number of rotatable bonds is 10. The first-order chi connectivity index (χ1) is 8.47. The molecule has 0 aromatic carbocycles. The van der Waals surface area contributed by atoms with Gasteiger partial charge in [0.05, 0.1) is 12.4 Å². The summed E-state index contributed by atoms with van der Waals surface area (Å²) in [6.07, 6.45) is 1.99. The molecule has 0 aliphatic rings. The number of unbranched alkanes of at least 4 members (excludes halogenated alkanes) is 1. The summed E-state index contributed by atoms with van der Waals surface area (Å²) in [5.74, 6) is -1.43. The average molecular weight is 279 g/mol. The molecule has 0 spiro atoms. The lowest BCUT2D eigenvalue weighted by atomic mass is 10.3. The molecule has 0 rings (SSSR count). The van der Waals surface area contributed by atoms with Gasteiger partial charge < -0.3 is 15.2 Å². The molecule has 2 atom stereocenters. The first-order valence-corrected chi connectivity index (χ1v) is 7.38. The zero-order valence-electron chi connectivity index (χ0n) is 10.8. The highest BCUT2D eigenvalue weighted by molar-refractivity contribution is 7.85. The summed E-state index contributed by atoms with van der Waals surface area (Å²) in [4.78, 5) is 21.6. The summed E-state index contributed by atoms with van der Waals surface area (Å²) in [7, 11) is -1.31. The summed E-state index contributed by atoms with van der Waals surface area (Å²) < 4.78 is 16.8. The van der Waals surface area contributed by atoms with Crippen molar-refractivity contribution in [3.63, 3.8) is 0 Å². The van der Waals surface area contributed by atoms with E-state index in [1.807, 2.05) is 6.92 Å². The molecule has 7 heteroatoms. The van der Waals surface area contributed by atoms with Crippen LogP contribution in [0.4, 0.5) is 0 Å². The summed E-state index contributed by atoms with van der Waals surface area (Å²) in [5.41, 5.74) is 0. The van der Waals surface area contributed by atoms with Crippen molar-refractivity contribution >= 4 is 22.7 Å². The van der Waals surface area contributed by atoms with Crippen molar-refractivity contribution in [1.29, 1.82) is 0 Å². The van der Waals surface area contributed by atoms with E-state index in [1.54, 1.807) is 0 Å². The van der Waals surface area contributed by atoms with Crippen molar-refractivity contribution in [2.75, 3.05) is 24.7 Å². The highest BCUT2D eigenvalue weighted by atomic mass is 32.2. The van der Waals surface area contributed by atoms with E-state index >= 15 is 0 Å². The van der Waals surface area contributed by atoms with Crippen LogP contribution in [0.5, 0.6) is 0 Å². The molecule has 6 nitrogen and oxygen atoms in total. The molecule has 0 radical (unpaired) electrons. The van der Waals surface area contributed by atoms with Gasteiger partial charge in [0.25, 0.3) is 0 Å². The maximum Gasteiger partial charge on any atom is 0.327 e. The lowest BCUT2D eigenvalue weighted by Crippen LogP contribution is -2.43. The first-order valence-electron chi connectivity index (χ1n) is 5.90. The third kappa shape index (κ3) is 9.12. The van der Waals surface area contributed by atoms with E-state index in [0.717, 1.165) is 12.8 Å². The van der Waals surface area contributed by atoms with E-state index < -0.39 is 28.7 Å². The van der Waals surface area contributed by atoms with Gasteiger partial charge in [-0.15, -0.1) is 0 Å². The molecule has 0 heterocycles. The fourth-order valence-electron chi connectivity index (χ4n) is 1.19. The monoisotopic (exact) mass is 279 g/mol. The Bertz CT molecular complexity index is 295. The number of amides is 1. The molecule has 2 N–H and O–H groups in total. The molecule has 1 amide bonds. The third-order valence-electron chi connectivity index (χ3n) is 2.13. The normalized spacial score (nSPS) is 13.9. The third-order valence-corrected chi connectivity index (χ3v) is 3.45. The zero-order valence-corrected chi connectivity index (χ0v) is 11.6. The van der Waals surface area contributed by atoms with Crippen LogP contribution in [0.1, 0.15) is 26.7 Å². The van der Waals surface area contributed by atoms with Gasteiger partial charge >= 0.3 is 5.97 Å². The predicted octanol–water partition coefficient (Wildman–Crippen LogP) is 0.141. The predicted molar refractivity (Wildman–Crippen MR) is 68.8 cm³/mol. The Kier molecular flexibility index (Phi) is 9.49. The minimum Gasteiger partial charge on any atom is -0.480 e. The van der Waals surface area contributed by atoms with E-state index in [0.29, 0.717) is 13.2 Å². The summed E-state index contributed by atoms with van der Waals surface area (Å²) in [6, 6.07) is -1.10. The van der Waals surface area contributed by atoms with Gasteiger partial charge in [-0.1, -0.05) is 13.3 Å². The van der Waals surface area contributed by atoms with Crippen LogP contribution in [0.3, 0.4) is 0 Å². The molecule has 0 fully saturated rings. The van der Waals surface area contributed by atoms with Gasteiger partial charge in [-0.3, -0.25) is 9.00 Å². The van der Waals surface area contributed by atoms with Gasteiger partial charge in [-0.2, -0.15) is 0 Å². The number of aliphatic carboxylic acids is 1. The Labute approximate surface area is 110 Å². The second-order valence-corrected chi connectivity index (χ2v) is 5.49. The number of nitrogens with one attached hydrogen (secondary N) is 1. The average Bonchev–Trinajstić information content (AvgIpc) is 2.27. The summed E-state index contributed by atoms with van der Waals surface area (Å²) in [6.45, 7) is 4.25. The number of carboxylic acid groups (broad SMARTS) is 1. The van der Waals surface area contributed by atoms with Crippen LogP contribution >= 0.6 is 0 Å². The van der Waals surface area contributed by atoms with Crippen molar-refractivity contribution in [3.8, 4) is 0 Å². The van der Waals surface area contributed by atoms with Crippen LogP contribution in [0, 0.1) is 0 Å². The van der Waals surface area contributed by atoms with E-state index in [-0.39, 0.29) is 11.5 Å². The molecule has 18 heavy (non-hydrogen) atoms. The molecule has 0 aliphatic heterocycles.